The number of likely N-dealkylation sites (tertiary alicyclic amines) is 1. The molecule has 10 nitrogen and oxygen atoms in total. The van der Waals surface area contributed by atoms with Crippen LogP contribution in [-0.4, -0.2) is 78.2 Å². The molecule has 0 radical (unpaired) electrons. The largest absolute Gasteiger partial charge is 0.485 e. The highest BCUT2D eigenvalue weighted by molar-refractivity contribution is 6.40. The van der Waals surface area contributed by atoms with Crippen molar-refractivity contribution in [2.45, 2.75) is 84.0 Å². The average molecular weight is 682 g/mol. The van der Waals surface area contributed by atoms with Crippen molar-refractivity contribution in [1.82, 2.24) is 10.2 Å². The molecule has 3 rings (SSSR count). The lowest BCUT2D eigenvalue weighted by Crippen LogP contribution is -2.52. The van der Waals surface area contributed by atoms with Gasteiger partial charge in [-0.2, -0.15) is 8.78 Å². The van der Waals surface area contributed by atoms with Gasteiger partial charge in [-0.1, -0.05) is 39.0 Å². The van der Waals surface area contributed by atoms with Gasteiger partial charge in [0.05, 0.1) is 12.5 Å². The molecule has 48 heavy (non-hydrogen) atoms. The van der Waals surface area contributed by atoms with Crippen LogP contribution in [0.3, 0.4) is 0 Å². The monoisotopic (exact) mass is 681 g/mol. The number of para-hydroxylation sites is 1. The molecule has 0 aromatic heterocycles. The van der Waals surface area contributed by atoms with Gasteiger partial charge in [-0.15, -0.1) is 0 Å². The second-order valence-electron chi connectivity index (χ2n) is 13.8. The Morgan fingerprint density at radius 2 is 1.54 bits per heavy atom. The van der Waals surface area contributed by atoms with Crippen LogP contribution >= 0.6 is 0 Å². The third kappa shape index (κ3) is 9.68. The number of amides is 3. The second-order valence-corrected chi connectivity index (χ2v) is 13.8. The Hall–Kier alpha value is -4.20. The summed E-state index contributed by atoms with van der Waals surface area (Å²) in [6.45, 7) is 9.98. The zero-order chi connectivity index (χ0) is 36.1. The lowest BCUT2D eigenvalue weighted by Gasteiger charge is -2.34. The van der Waals surface area contributed by atoms with Crippen LogP contribution < -0.4 is 15.0 Å². The quantitative estimate of drug-likeness (QED) is 0.174. The summed E-state index contributed by atoms with van der Waals surface area (Å²) in [6.07, 6.45) is -2.06. The van der Waals surface area contributed by atoms with Gasteiger partial charge in [0.1, 0.15) is 18.3 Å². The van der Waals surface area contributed by atoms with Gasteiger partial charge >= 0.3 is 17.8 Å². The van der Waals surface area contributed by atoms with E-state index in [9.17, 15) is 41.8 Å². The summed E-state index contributed by atoms with van der Waals surface area (Å²) in [5, 5.41) is 13.3. The van der Waals surface area contributed by atoms with E-state index in [0.717, 1.165) is 5.56 Å². The minimum absolute atomic E-state index is 0.00136. The summed E-state index contributed by atoms with van der Waals surface area (Å²) >= 11 is 0. The molecule has 2 atom stereocenters. The molecule has 264 valence electrons. The molecule has 1 saturated heterocycles. The van der Waals surface area contributed by atoms with Crippen molar-refractivity contribution in [3.63, 3.8) is 0 Å². The number of aliphatic hydroxyl groups excluding tert-OH is 1. The third-order valence-electron chi connectivity index (χ3n) is 7.78. The number of esters is 1. The van der Waals surface area contributed by atoms with Crippen LogP contribution in [0.25, 0.3) is 0 Å². The average Bonchev–Trinajstić information content (AvgIpc) is 3.01. The van der Waals surface area contributed by atoms with Crippen LogP contribution in [0, 0.1) is 29.2 Å². The standard InChI is InChI=1S/C34H43F4N3O7/c1-33(2,3)20-10-8-9-11-24(20)40(7)31(45)32(46)41-14-12-19(13-15-41)30(44)39-23(17-26(43)48-34(4,5)6)25(42)18-47-29-27(37)21(35)16-22(36)28(29)38/h8-11,16,19,23,25,42H,12-15,17-18H2,1-7H3,(H,39,44). The van der Waals surface area contributed by atoms with Crippen molar-refractivity contribution in [2.24, 2.45) is 5.92 Å². The number of anilines is 1. The zero-order valence-corrected chi connectivity index (χ0v) is 28.2. The predicted molar refractivity (Wildman–Crippen MR) is 168 cm³/mol. The van der Waals surface area contributed by atoms with Gasteiger partial charge in [0.15, 0.2) is 17.4 Å². The number of benzene rings is 2. The molecule has 14 heteroatoms. The van der Waals surface area contributed by atoms with E-state index in [-0.39, 0.29) is 37.4 Å². The van der Waals surface area contributed by atoms with Crippen molar-refractivity contribution in [1.29, 1.82) is 0 Å². The van der Waals surface area contributed by atoms with E-state index in [0.29, 0.717) is 5.69 Å². The molecule has 2 aromatic carbocycles. The van der Waals surface area contributed by atoms with E-state index in [4.69, 9.17) is 9.47 Å². The van der Waals surface area contributed by atoms with Crippen LogP contribution in [0.1, 0.15) is 66.4 Å². The van der Waals surface area contributed by atoms with Crippen LogP contribution in [0.15, 0.2) is 30.3 Å². The fourth-order valence-electron chi connectivity index (χ4n) is 5.24. The van der Waals surface area contributed by atoms with Crippen LogP contribution in [0.2, 0.25) is 0 Å². The maximum absolute atomic E-state index is 14.1. The zero-order valence-electron chi connectivity index (χ0n) is 28.2. The van der Waals surface area contributed by atoms with E-state index >= 15 is 0 Å². The maximum Gasteiger partial charge on any atom is 0.316 e. The Morgan fingerprint density at radius 1 is 0.979 bits per heavy atom. The van der Waals surface area contributed by atoms with Crippen molar-refractivity contribution in [3.8, 4) is 5.75 Å². The SMILES string of the molecule is CN(C(=O)C(=O)N1CCC(C(=O)NC(CC(=O)OC(C)(C)C)C(O)COc2c(F)c(F)cc(F)c2F)CC1)c1ccccc1C(C)(C)C. The molecule has 0 aliphatic carbocycles. The molecule has 0 bridgehead atoms. The maximum atomic E-state index is 14.1. The predicted octanol–water partition coefficient (Wildman–Crippen LogP) is 4.40. The number of aliphatic hydroxyl groups is 1. The van der Waals surface area contributed by atoms with Gasteiger partial charge < -0.3 is 29.7 Å². The number of nitrogens with one attached hydrogen (secondary N) is 1. The normalized spacial score (nSPS) is 15.4. The summed E-state index contributed by atoms with van der Waals surface area (Å²) in [7, 11) is 1.53. The van der Waals surface area contributed by atoms with E-state index in [1.165, 1.54) is 16.8 Å². The van der Waals surface area contributed by atoms with E-state index in [2.05, 4.69) is 5.32 Å². The summed E-state index contributed by atoms with van der Waals surface area (Å²) in [5.74, 6) is -12.1. The molecule has 2 aromatic rings. The van der Waals surface area contributed by atoms with Crippen LogP contribution in [0.5, 0.6) is 5.75 Å². The Labute approximate surface area is 277 Å². The molecular formula is C34H43F4N3O7. The minimum atomic E-state index is -1.82. The van der Waals surface area contributed by atoms with Gasteiger partial charge in [0.25, 0.3) is 0 Å². The number of ether oxygens (including phenoxy) is 2. The van der Waals surface area contributed by atoms with Gasteiger partial charge in [0, 0.05) is 37.8 Å². The smallest absolute Gasteiger partial charge is 0.316 e. The number of likely N-dealkylation sites (N-methyl/N-ethyl adjacent to an activating group) is 1. The Balaban J connectivity index is 1.67. The van der Waals surface area contributed by atoms with E-state index in [1.807, 2.05) is 32.9 Å². The van der Waals surface area contributed by atoms with E-state index in [1.54, 1.807) is 32.9 Å². The van der Waals surface area contributed by atoms with Crippen molar-refractivity contribution in [2.75, 3.05) is 31.6 Å². The fourth-order valence-corrected chi connectivity index (χ4v) is 5.24. The Bertz CT molecular complexity index is 1490. The number of carbonyl (C=O) groups excluding carboxylic acids is 4. The van der Waals surface area contributed by atoms with Gasteiger partial charge in [-0.25, -0.2) is 8.78 Å². The molecule has 0 spiro atoms. The molecule has 0 saturated carbocycles. The van der Waals surface area contributed by atoms with Crippen molar-refractivity contribution < 1.29 is 51.3 Å². The van der Waals surface area contributed by atoms with Crippen LogP contribution in [0.4, 0.5) is 23.2 Å². The lowest BCUT2D eigenvalue weighted by atomic mass is 9.85. The van der Waals surface area contributed by atoms with Gasteiger partial charge in [-0.05, 0) is 50.7 Å². The first-order chi connectivity index (χ1) is 22.2. The molecule has 1 aliphatic rings. The minimum Gasteiger partial charge on any atom is -0.485 e. The number of rotatable bonds is 9. The molecule has 2 unspecified atom stereocenters. The number of hydrogen-bond donors (Lipinski definition) is 2. The number of piperidine rings is 1. The number of halogens is 4. The lowest BCUT2D eigenvalue weighted by molar-refractivity contribution is -0.156. The molecule has 1 aliphatic heterocycles. The summed E-state index contributed by atoms with van der Waals surface area (Å²) in [4.78, 5) is 54.9. The summed E-state index contributed by atoms with van der Waals surface area (Å²) in [6, 6.07) is 5.90. The van der Waals surface area contributed by atoms with E-state index < -0.39 is 89.4 Å². The highest BCUT2D eigenvalue weighted by atomic mass is 19.2. The second kappa shape index (κ2) is 15.3. The Kier molecular flexibility index (Phi) is 12.2. The van der Waals surface area contributed by atoms with Gasteiger partial charge in [0.2, 0.25) is 17.5 Å². The molecule has 2 N–H and O–H groups in total. The number of carbonyl (C=O) groups is 4. The molecule has 3 amide bonds. The first-order valence-corrected chi connectivity index (χ1v) is 15.5. The van der Waals surface area contributed by atoms with Crippen molar-refractivity contribution >= 4 is 29.4 Å². The summed E-state index contributed by atoms with van der Waals surface area (Å²) < 4.78 is 65.6. The molecular weight excluding hydrogens is 638 g/mol. The molecule has 1 fully saturated rings. The first kappa shape index (κ1) is 38.2. The Morgan fingerprint density at radius 3 is 2.08 bits per heavy atom. The summed E-state index contributed by atoms with van der Waals surface area (Å²) in [5.41, 5.74) is 0.281. The van der Waals surface area contributed by atoms with Crippen LogP contribution in [-0.2, 0) is 29.3 Å². The van der Waals surface area contributed by atoms with Crippen molar-refractivity contribution in [3.05, 3.63) is 59.2 Å². The number of nitrogens with zero attached hydrogens (tertiary/aromatic N) is 2. The third-order valence-corrected chi connectivity index (χ3v) is 7.78. The molecule has 1 heterocycles. The fraction of sp³-hybridized carbons (Fsp3) is 0.529. The first-order valence-electron chi connectivity index (χ1n) is 15.5. The van der Waals surface area contributed by atoms with Gasteiger partial charge in [-0.3, -0.25) is 19.2 Å². The highest BCUT2D eigenvalue weighted by Gasteiger charge is 2.35. The topological polar surface area (TPSA) is 125 Å². The highest BCUT2D eigenvalue weighted by Crippen LogP contribution is 2.32. The number of hydrogen-bond acceptors (Lipinski definition) is 7.